The van der Waals surface area contributed by atoms with Crippen molar-refractivity contribution in [3.8, 4) is 0 Å². The van der Waals surface area contributed by atoms with E-state index in [0.29, 0.717) is 12.6 Å². The summed E-state index contributed by atoms with van der Waals surface area (Å²) in [7, 11) is 0. The van der Waals surface area contributed by atoms with Gasteiger partial charge in [0.25, 0.3) is 0 Å². The summed E-state index contributed by atoms with van der Waals surface area (Å²) >= 11 is 0. The SMILES string of the molecule is CC(C)C(N)C(=O)N(Cc1ccccn1)C1CC1. The van der Waals surface area contributed by atoms with E-state index in [1.54, 1.807) is 6.20 Å². The second-order valence-corrected chi connectivity index (χ2v) is 5.29. The van der Waals surface area contributed by atoms with Gasteiger partial charge in [0.15, 0.2) is 0 Å². The van der Waals surface area contributed by atoms with Crippen LogP contribution in [0.1, 0.15) is 32.4 Å². The van der Waals surface area contributed by atoms with Crippen molar-refractivity contribution in [2.75, 3.05) is 0 Å². The van der Waals surface area contributed by atoms with E-state index < -0.39 is 6.04 Å². The fourth-order valence-corrected chi connectivity index (χ4v) is 1.92. The van der Waals surface area contributed by atoms with Gasteiger partial charge in [-0.05, 0) is 30.9 Å². The molecule has 0 bridgehead atoms. The molecule has 1 aromatic heterocycles. The Morgan fingerprint density at radius 3 is 2.72 bits per heavy atom. The van der Waals surface area contributed by atoms with Crippen LogP contribution in [0.5, 0.6) is 0 Å². The number of pyridine rings is 1. The number of carbonyl (C=O) groups excluding carboxylic acids is 1. The van der Waals surface area contributed by atoms with Gasteiger partial charge in [0.05, 0.1) is 18.3 Å². The second kappa shape index (κ2) is 5.48. The molecule has 1 unspecified atom stereocenters. The molecule has 1 atom stereocenters. The van der Waals surface area contributed by atoms with E-state index in [9.17, 15) is 4.79 Å². The zero-order valence-corrected chi connectivity index (χ0v) is 11.0. The van der Waals surface area contributed by atoms with E-state index >= 15 is 0 Å². The van der Waals surface area contributed by atoms with Crippen molar-refractivity contribution < 1.29 is 4.79 Å². The van der Waals surface area contributed by atoms with Crippen LogP contribution in [-0.2, 0) is 11.3 Å². The van der Waals surface area contributed by atoms with Gasteiger partial charge in [0, 0.05) is 12.2 Å². The van der Waals surface area contributed by atoms with Gasteiger partial charge in [-0.3, -0.25) is 9.78 Å². The molecule has 1 aliphatic rings. The number of nitrogens with zero attached hydrogens (tertiary/aromatic N) is 2. The van der Waals surface area contributed by atoms with Gasteiger partial charge < -0.3 is 10.6 Å². The third-order valence-electron chi connectivity index (χ3n) is 3.33. The molecule has 4 heteroatoms. The fraction of sp³-hybridized carbons (Fsp3) is 0.571. The average molecular weight is 247 g/mol. The van der Waals surface area contributed by atoms with Gasteiger partial charge in [-0.2, -0.15) is 0 Å². The van der Waals surface area contributed by atoms with E-state index in [-0.39, 0.29) is 11.8 Å². The number of carbonyl (C=O) groups is 1. The summed E-state index contributed by atoms with van der Waals surface area (Å²) in [6.07, 6.45) is 3.93. The third kappa shape index (κ3) is 3.07. The van der Waals surface area contributed by atoms with E-state index in [4.69, 9.17) is 5.73 Å². The standard InChI is InChI=1S/C14H21N3O/c1-10(2)13(15)14(18)17(12-6-7-12)9-11-5-3-4-8-16-11/h3-5,8,10,12-13H,6-7,9,15H2,1-2H3. The van der Waals surface area contributed by atoms with Crippen molar-refractivity contribution in [2.24, 2.45) is 11.7 Å². The summed E-state index contributed by atoms with van der Waals surface area (Å²) in [5.74, 6) is 0.223. The van der Waals surface area contributed by atoms with Gasteiger partial charge in [0.1, 0.15) is 0 Å². The van der Waals surface area contributed by atoms with Gasteiger partial charge in [-0.15, -0.1) is 0 Å². The molecule has 0 aromatic carbocycles. The summed E-state index contributed by atoms with van der Waals surface area (Å²) in [4.78, 5) is 18.5. The molecule has 0 radical (unpaired) electrons. The highest BCUT2D eigenvalue weighted by molar-refractivity contribution is 5.82. The van der Waals surface area contributed by atoms with Crippen molar-refractivity contribution in [3.63, 3.8) is 0 Å². The largest absolute Gasteiger partial charge is 0.332 e. The molecule has 0 spiro atoms. The first-order chi connectivity index (χ1) is 8.59. The molecule has 1 saturated carbocycles. The number of rotatable bonds is 5. The molecule has 1 aromatic rings. The van der Waals surface area contributed by atoms with Crippen molar-refractivity contribution >= 4 is 5.91 Å². The maximum absolute atomic E-state index is 12.3. The highest BCUT2D eigenvalue weighted by Crippen LogP contribution is 2.29. The van der Waals surface area contributed by atoms with E-state index in [0.717, 1.165) is 18.5 Å². The minimum Gasteiger partial charge on any atom is -0.332 e. The lowest BCUT2D eigenvalue weighted by Crippen LogP contribution is -2.47. The van der Waals surface area contributed by atoms with Crippen molar-refractivity contribution in [1.29, 1.82) is 0 Å². The van der Waals surface area contributed by atoms with Crippen LogP contribution in [0.2, 0.25) is 0 Å². The molecular formula is C14H21N3O. The lowest BCUT2D eigenvalue weighted by atomic mass is 10.0. The van der Waals surface area contributed by atoms with Crippen LogP contribution in [0, 0.1) is 5.92 Å². The van der Waals surface area contributed by atoms with E-state index in [1.165, 1.54) is 0 Å². The maximum Gasteiger partial charge on any atom is 0.240 e. The first-order valence-electron chi connectivity index (χ1n) is 6.55. The van der Waals surface area contributed by atoms with Crippen LogP contribution in [0.4, 0.5) is 0 Å². The summed E-state index contributed by atoms with van der Waals surface area (Å²) in [5.41, 5.74) is 6.89. The van der Waals surface area contributed by atoms with Crippen LogP contribution in [0.15, 0.2) is 24.4 Å². The van der Waals surface area contributed by atoms with Gasteiger partial charge in [-0.1, -0.05) is 19.9 Å². The zero-order chi connectivity index (χ0) is 13.1. The fourth-order valence-electron chi connectivity index (χ4n) is 1.92. The Morgan fingerprint density at radius 1 is 1.50 bits per heavy atom. The monoisotopic (exact) mass is 247 g/mol. The third-order valence-corrected chi connectivity index (χ3v) is 3.33. The second-order valence-electron chi connectivity index (χ2n) is 5.29. The quantitative estimate of drug-likeness (QED) is 0.859. The van der Waals surface area contributed by atoms with Crippen molar-refractivity contribution in [2.45, 2.75) is 45.3 Å². The summed E-state index contributed by atoms with van der Waals surface area (Å²) < 4.78 is 0. The molecule has 1 heterocycles. The molecule has 4 nitrogen and oxygen atoms in total. The Labute approximate surface area is 108 Å². The van der Waals surface area contributed by atoms with E-state index in [2.05, 4.69) is 4.98 Å². The molecule has 1 amide bonds. The number of aromatic nitrogens is 1. The number of amides is 1. The Balaban J connectivity index is 2.07. The molecule has 0 saturated heterocycles. The van der Waals surface area contributed by atoms with Crippen LogP contribution >= 0.6 is 0 Å². The minimum absolute atomic E-state index is 0.0538. The van der Waals surface area contributed by atoms with Crippen LogP contribution in [-0.4, -0.2) is 27.9 Å². The van der Waals surface area contributed by atoms with Gasteiger partial charge in [0.2, 0.25) is 5.91 Å². The normalized spacial score (nSPS) is 16.7. The summed E-state index contributed by atoms with van der Waals surface area (Å²) in [6, 6.07) is 5.73. The highest BCUT2D eigenvalue weighted by Gasteiger charge is 2.35. The Kier molecular flexibility index (Phi) is 3.97. The molecule has 2 rings (SSSR count). The molecule has 2 N–H and O–H groups in total. The highest BCUT2D eigenvalue weighted by atomic mass is 16.2. The predicted octanol–water partition coefficient (Wildman–Crippen LogP) is 1.56. The summed E-state index contributed by atoms with van der Waals surface area (Å²) in [6.45, 7) is 4.54. The maximum atomic E-state index is 12.3. The number of hydrogen-bond donors (Lipinski definition) is 1. The number of nitrogens with two attached hydrogens (primary N) is 1. The molecule has 1 aliphatic carbocycles. The van der Waals surface area contributed by atoms with Crippen molar-refractivity contribution in [1.82, 2.24) is 9.88 Å². The van der Waals surface area contributed by atoms with Crippen LogP contribution in [0.3, 0.4) is 0 Å². The molecular weight excluding hydrogens is 226 g/mol. The Morgan fingerprint density at radius 2 is 2.22 bits per heavy atom. The lowest BCUT2D eigenvalue weighted by molar-refractivity contribution is -0.134. The molecule has 1 fully saturated rings. The smallest absolute Gasteiger partial charge is 0.240 e. The van der Waals surface area contributed by atoms with Gasteiger partial charge >= 0.3 is 0 Å². The van der Waals surface area contributed by atoms with Crippen molar-refractivity contribution in [3.05, 3.63) is 30.1 Å². The first kappa shape index (κ1) is 13.0. The number of hydrogen-bond acceptors (Lipinski definition) is 3. The van der Waals surface area contributed by atoms with Gasteiger partial charge in [-0.25, -0.2) is 0 Å². The van der Waals surface area contributed by atoms with Crippen LogP contribution in [0.25, 0.3) is 0 Å². The Bertz CT molecular complexity index is 401. The lowest BCUT2D eigenvalue weighted by Gasteiger charge is -2.27. The first-order valence-corrected chi connectivity index (χ1v) is 6.55. The van der Waals surface area contributed by atoms with E-state index in [1.807, 2.05) is 36.9 Å². The van der Waals surface area contributed by atoms with Crippen LogP contribution < -0.4 is 5.73 Å². The predicted molar refractivity (Wildman–Crippen MR) is 70.6 cm³/mol. The topological polar surface area (TPSA) is 59.2 Å². The molecule has 0 aliphatic heterocycles. The molecule has 18 heavy (non-hydrogen) atoms. The molecule has 98 valence electrons. The Hall–Kier alpha value is -1.42. The average Bonchev–Trinajstić information content (AvgIpc) is 3.19. The zero-order valence-electron chi connectivity index (χ0n) is 11.0. The summed E-state index contributed by atoms with van der Waals surface area (Å²) in [5, 5.41) is 0. The minimum atomic E-state index is -0.408.